The predicted octanol–water partition coefficient (Wildman–Crippen LogP) is 21.7. The zero-order valence-corrected chi connectivity index (χ0v) is 62.2. The topological polar surface area (TPSA) is 237 Å². The molecule has 93 heavy (non-hydrogen) atoms. The molecule has 0 aliphatic rings. The molecule has 0 aliphatic carbocycles. The number of carbonyl (C=O) groups is 4. The quantitative estimate of drug-likeness (QED) is 0.0222. The Morgan fingerprint density at radius 2 is 0.516 bits per heavy atom. The molecule has 0 rings (SSSR count). The molecule has 0 aliphatic heterocycles. The summed E-state index contributed by atoms with van der Waals surface area (Å²) in [5, 5.41) is 10.6. The van der Waals surface area contributed by atoms with Crippen LogP contribution >= 0.6 is 15.6 Å². The molecule has 3 unspecified atom stereocenters. The number of hydrogen-bond donors (Lipinski definition) is 3. The molecule has 3 N–H and O–H groups in total. The van der Waals surface area contributed by atoms with E-state index in [4.69, 9.17) is 37.0 Å². The van der Waals surface area contributed by atoms with E-state index in [0.717, 1.165) is 115 Å². The molecule has 0 bridgehead atoms. The second-order valence-corrected chi connectivity index (χ2v) is 29.8. The van der Waals surface area contributed by atoms with Crippen LogP contribution in [-0.4, -0.2) is 96.7 Å². The molecule has 0 saturated carbocycles. The van der Waals surface area contributed by atoms with Crippen molar-refractivity contribution in [3.8, 4) is 0 Å². The summed E-state index contributed by atoms with van der Waals surface area (Å²) in [4.78, 5) is 72.4. The number of unbranched alkanes of at least 4 members (excludes halogenated alkanes) is 45. The molecule has 0 heterocycles. The molecule has 552 valence electrons. The van der Waals surface area contributed by atoms with Gasteiger partial charge in [-0.1, -0.05) is 336 Å². The van der Waals surface area contributed by atoms with E-state index in [1.165, 1.54) is 193 Å². The van der Waals surface area contributed by atoms with Crippen LogP contribution in [0.5, 0.6) is 0 Å². The average molecular weight is 1370 g/mol. The van der Waals surface area contributed by atoms with E-state index < -0.39 is 97.5 Å². The Morgan fingerprint density at radius 3 is 0.763 bits per heavy atom. The van der Waals surface area contributed by atoms with Crippen LogP contribution in [0.4, 0.5) is 0 Å². The summed E-state index contributed by atoms with van der Waals surface area (Å²) in [7, 11) is -9.89. The number of ether oxygens (including phenoxy) is 4. The zero-order chi connectivity index (χ0) is 68.4. The third kappa shape index (κ3) is 67.0. The molecule has 0 fully saturated rings. The van der Waals surface area contributed by atoms with Gasteiger partial charge >= 0.3 is 39.5 Å². The van der Waals surface area contributed by atoms with E-state index in [2.05, 4.69) is 34.6 Å². The molecule has 0 spiro atoms. The van der Waals surface area contributed by atoms with Crippen molar-refractivity contribution in [2.45, 2.75) is 406 Å². The number of hydrogen-bond acceptors (Lipinski definition) is 15. The Labute approximate surface area is 568 Å². The molecular formula is C74H144O17P2. The van der Waals surface area contributed by atoms with Gasteiger partial charge < -0.3 is 33.8 Å². The van der Waals surface area contributed by atoms with Gasteiger partial charge in [0.15, 0.2) is 12.2 Å². The second-order valence-electron chi connectivity index (χ2n) is 26.9. The third-order valence-corrected chi connectivity index (χ3v) is 19.5. The lowest BCUT2D eigenvalue weighted by Crippen LogP contribution is -2.30. The smallest absolute Gasteiger partial charge is 0.462 e. The van der Waals surface area contributed by atoms with Gasteiger partial charge in [0.25, 0.3) is 0 Å². The zero-order valence-electron chi connectivity index (χ0n) is 60.4. The second kappa shape index (κ2) is 67.3. The highest BCUT2D eigenvalue weighted by Crippen LogP contribution is 2.45. The molecule has 19 heteroatoms. The number of rotatable bonds is 74. The molecular weight excluding hydrogens is 1220 g/mol. The molecule has 0 amide bonds. The van der Waals surface area contributed by atoms with Crippen molar-refractivity contribution in [1.82, 2.24) is 0 Å². The van der Waals surface area contributed by atoms with Gasteiger partial charge in [-0.3, -0.25) is 37.3 Å². The first-order chi connectivity index (χ1) is 45.1. The van der Waals surface area contributed by atoms with Crippen LogP contribution < -0.4 is 0 Å². The van der Waals surface area contributed by atoms with E-state index in [-0.39, 0.29) is 25.7 Å². The summed E-state index contributed by atoms with van der Waals surface area (Å²) in [5.41, 5.74) is 0. The predicted molar refractivity (Wildman–Crippen MR) is 377 cm³/mol. The average Bonchev–Trinajstić information content (AvgIpc) is 3.26. The van der Waals surface area contributed by atoms with Gasteiger partial charge in [0, 0.05) is 25.7 Å². The van der Waals surface area contributed by atoms with Crippen LogP contribution in [0, 0.1) is 5.92 Å². The Morgan fingerprint density at radius 1 is 0.301 bits per heavy atom. The maximum atomic E-state index is 13.1. The fourth-order valence-electron chi connectivity index (χ4n) is 11.3. The number of esters is 4. The van der Waals surface area contributed by atoms with Crippen LogP contribution in [-0.2, 0) is 65.4 Å². The van der Waals surface area contributed by atoms with E-state index in [1.54, 1.807) is 0 Å². The van der Waals surface area contributed by atoms with E-state index in [1.807, 2.05) is 0 Å². The molecule has 0 saturated heterocycles. The van der Waals surface area contributed by atoms with Crippen molar-refractivity contribution in [1.29, 1.82) is 0 Å². The van der Waals surface area contributed by atoms with Gasteiger partial charge in [-0.25, -0.2) is 9.13 Å². The van der Waals surface area contributed by atoms with Crippen LogP contribution in [0.3, 0.4) is 0 Å². The van der Waals surface area contributed by atoms with Crippen LogP contribution in [0.2, 0.25) is 0 Å². The van der Waals surface area contributed by atoms with Gasteiger partial charge in [-0.2, -0.15) is 0 Å². The van der Waals surface area contributed by atoms with Crippen LogP contribution in [0.15, 0.2) is 0 Å². The first-order valence-electron chi connectivity index (χ1n) is 38.7. The monoisotopic (exact) mass is 1370 g/mol. The Balaban J connectivity index is 5.14. The fourth-order valence-corrected chi connectivity index (χ4v) is 12.9. The Bertz CT molecular complexity index is 1790. The van der Waals surface area contributed by atoms with Gasteiger partial charge in [-0.15, -0.1) is 0 Å². The standard InChI is InChI=1S/C74H144O17P2/c1-6-10-13-16-19-21-22-23-24-25-26-27-28-29-34-37-40-45-50-55-60-74(79)91-70(64-85-72(77)58-53-48-44-39-36-33-31-30-32-35-38-42-46-51-56-67(5)9-4)66-89-93(82,83)87-62-68(75)61-86-92(80,81)88-65-69(63-84-71(76)57-52-47-41-18-15-12-8-3)90-73(78)59-54-49-43-20-17-14-11-7-2/h67-70,75H,6-66H2,1-5H3,(H,80,81)(H,82,83)/t67?,68-,69+,70+/m0/s1. The molecule has 17 nitrogen and oxygen atoms in total. The van der Waals surface area contributed by atoms with Gasteiger partial charge in [0.05, 0.1) is 26.4 Å². The Kier molecular flexibility index (Phi) is 65.9. The normalized spacial score (nSPS) is 14.3. The third-order valence-electron chi connectivity index (χ3n) is 17.6. The fraction of sp³-hybridized carbons (Fsp3) is 0.946. The lowest BCUT2D eigenvalue weighted by atomic mass is 9.99. The SMILES string of the molecule is CCCCCCCCCCCCCCCCCCCCCCC(=O)O[C@H](COC(=O)CCCCCCCCCCCCCCCCC(C)CC)COP(=O)(O)OC[C@@H](O)COP(=O)(O)OC[C@@H](COC(=O)CCCCCCCCC)OC(=O)CCCCCCCCCC. The summed E-state index contributed by atoms with van der Waals surface area (Å²) in [6.45, 7) is 7.26. The van der Waals surface area contributed by atoms with Crippen molar-refractivity contribution >= 4 is 39.5 Å². The molecule has 0 aromatic heterocycles. The number of phosphoric ester groups is 2. The van der Waals surface area contributed by atoms with E-state index in [9.17, 15) is 43.2 Å². The highest BCUT2D eigenvalue weighted by atomic mass is 31.2. The van der Waals surface area contributed by atoms with Crippen molar-refractivity contribution < 1.29 is 80.2 Å². The highest BCUT2D eigenvalue weighted by molar-refractivity contribution is 7.47. The molecule has 0 aromatic rings. The Hall–Kier alpha value is -1.94. The van der Waals surface area contributed by atoms with Crippen LogP contribution in [0.1, 0.15) is 388 Å². The number of aliphatic hydroxyl groups excluding tert-OH is 1. The van der Waals surface area contributed by atoms with Crippen molar-refractivity contribution in [2.24, 2.45) is 5.92 Å². The summed E-state index contributed by atoms with van der Waals surface area (Å²) in [6, 6.07) is 0. The molecule has 0 radical (unpaired) electrons. The van der Waals surface area contributed by atoms with Gasteiger partial charge in [-0.05, 0) is 31.6 Å². The van der Waals surface area contributed by atoms with Crippen LogP contribution in [0.25, 0.3) is 0 Å². The summed E-state index contributed by atoms with van der Waals surface area (Å²) in [6.07, 6.45) is 55.8. The first-order valence-corrected chi connectivity index (χ1v) is 41.7. The van der Waals surface area contributed by atoms with E-state index in [0.29, 0.717) is 25.7 Å². The molecule has 0 aromatic carbocycles. The minimum absolute atomic E-state index is 0.105. The number of carbonyl (C=O) groups excluding carboxylic acids is 4. The lowest BCUT2D eigenvalue weighted by molar-refractivity contribution is -0.161. The minimum Gasteiger partial charge on any atom is -0.462 e. The highest BCUT2D eigenvalue weighted by Gasteiger charge is 2.30. The van der Waals surface area contributed by atoms with Crippen molar-refractivity contribution in [3.63, 3.8) is 0 Å². The summed E-state index contributed by atoms with van der Waals surface area (Å²) < 4.78 is 68.2. The maximum absolute atomic E-state index is 13.1. The first kappa shape index (κ1) is 91.1. The summed E-state index contributed by atoms with van der Waals surface area (Å²) >= 11 is 0. The van der Waals surface area contributed by atoms with Crippen molar-refractivity contribution in [2.75, 3.05) is 39.6 Å². The molecule has 6 atom stereocenters. The lowest BCUT2D eigenvalue weighted by Gasteiger charge is -2.21. The summed E-state index contributed by atoms with van der Waals surface area (Å²) in [5.74, 6) is -1.28. The largest absolute Gasteiger partial charge is 0.472 e. The number of phosphoric acid groups is 2. The maximum Gasteiger partial charge on any atom is 0.472 e. The minimum atomic E-state index is -4.95. The van der Waals surface area contributed by atoms with Gasteiger partial charge in [0.1, 0.15) is 19.3 Å². The van der Waals surface area contributed by atoms with E-state index >= 15 is 0 Å². The van der Waals surface area contributed by atoms with Crippen molar-refractivity contribution in [3.05, 3.63) is 0 Å². The van der Waals surface area contributed by atoms with Gasteiger partial charge in [0.2, 0.25) is 0 Å². The number of aliphatic hydroxyl groups is 1.